The van der Waals surface area contributed by atoms with Crippen molar-refractivity contribution in [1.29, 1.82) is 0 Å². The number of hydrogen-bond acceptors (Lipinski definition) is 5. The summed E-state index contributed by atoms with van der Waals surface area (Å²) in [4.78, 5) is 13.8. The molecule has 0 aromatic heterocycles. The second-order valence-corrected chi connectivity index (χ2v) is 10.9. The number of ether oxygens (including phenoxy) is 3. The lowest BCUT2D eigenvalue weighted by Gasteiger charge is -2.18. The second kappa shape index (κ2) is 15.3. The molecule has 0 aliphatic heterocycles. The summed E-state index contributed by atoms with van der Waals surface area (Å²) in [6.07, 6.45) is 6.12. The molecule has 6 nitrogen and oxygen atoms in total. The molecule has 0 heterocycles. The standard InChI is InChI=1S/C37H42N2O4/c1-2-3-4-9-22-41-28-13-10-12-27(25-28)20-24-43-35-26-29(42-23-11-21-38)18-19-34(35)37(40)39-36-32-16-7-5-14-30(32)31-15-6-8-17-33(31)36/h5-8,10,12-19,25-26,36H,2-4,9,11,20-24,38H2,1H3,(H,39,40). The van der Waals surface area contributed by atoms with E-state index in [4.69, 9.17) is 19.9 Å². The largest absolute Gasteiger partial charge is 0.494 e. The maximum absolute atomic E-state index is 13.8. The molecule has 0 spiro atoms. The number of nitrogens with two attached hydrogens (primary N) is 1. The first-order valence-electron chi connectivity index (χ1n) is 15.5. The SMILES string of the molecule is CCCCCCOc1cccc(CCOc2cc(OCCCN)ccc2C(=O)NC2c3ccccc3-c3ccccc32)c1. The van der Waals surface area contributed by atoms with Gasteiger partial charge >= 0.3 is 0 Å². The average Bonchev–Trinajstić information content (AvgIpc) is 3.35. The maximum Gasteiger partial charge on any atom is 0.255 e. The summed E-state index contributed by atoms with van der Waals surface area (Å²) in [5.41, 5.74) is 11.7. The fourth-order valence-electron chi connectivity index (χ4n) is 5.48. The van der Waals surface area contributed by atoms with Gasteiger partial charge in [-0.3, -0.25) is 4.79 Å². The first kappa shape index (κ1) is 30.2. The number of rotatable bonds is 16. The van der Waals surface area contributed by atoms with Crippen LogP contribution < -0.4 is 25.3 Å². The fraction of sp³-hybridized carbons (Fsp3) is 0.324. The molecule has 1 aliphatic rings. The van der Waals surface area contributed by atoms with Crippen LogP contribution in [0.4, 0.5) is 0 Å². The number of carbonyl (C=O) groups is 1. The van der Waals surface area contributed by atoms with Crippen molar-refractivity contribution in [3.63, 3.8) is 0 Å². The minimum absolute atomic E-state index is 0.196. The van der Waals surface area contributed by atoms with Crippen LogP contribution in [0.2, 0.25) is 0 Å². The third-order valence-corrected chi connectivity index (χ3v) is 7.74. The summed E-state index contributed by atoms with van der Waals surface area (Å²) in [6, 6.07) is 29.8. The van der Waals surface area contributed by atoms with Crippen molar-refractivity contribution in [2.75, 3.05) is 26.4 Å². The Labute approximate surface area is 255 Å². The number of carbonyl (C=O) groups excluding carboxylic acids is 1. The van der Waals surface area contributed by atoms with E-state index in [9.17, 15) is 4.79 Å². The van der Waals surface area contributed by atoms with E-state index in [0.29, 0.717) is 43.2 Å². The van der Waals surface area contributed by atoms with Gasteiger partial charge in [0.05, 0.1) is 31.4 Å². The van der Waals surface area contributed by atoms with Crippen molar-refractivity contribution in [3.05, 3.63) is 113 Å². The van der Waals surface area contributed by atoms with E-state index in [-0.39, 0.29) is 11.9 Å². The van der Waals surface area contributed by atoms with Gasteiger partial charge < -0.3 is 25.3 Å². The molecule has 0 radical (unpaired) electrons. The molecule has 5 rings (SSSR count). The normalized spacial score (nSPS) is 12.0. The third kappa shape index (κ3) is 7.76. The highest BCUT2D eigenvalue weighted by Crippen LogP contribution is 2.43. The van der Waals surface area contributed by atoms with Crippen LogP contribution in [0.5, 0.6) is 17.2 Å². The van der Waals surface area contributed by atoms with Crippen LogP contribution in [0.25, 0.3) is 11.1 Å². The minimum Gasteiger partial charge on any atom is -0.494 e. The Morgan fingerprint density at radius 2 is 1.42 bits per heavy atom. The van der Waals surface area contributed by atoms with Gasteiger partial charge in [-0.1, -0.05) is 86.8 Å². The van der Waals surface area contributed by atoms with Crippen molar-refractivity contribution in [1.82, 2.24) is 5.32 Å². The highest BCUT2D eigenvalue weighted by atomic mass is 16.5. The van der Waals surface area contributed by atoms with E-state index in [0.717, 1.165) is 53.0 Å². The topological polar surface area (TPSA) is 82.8 Å². The molecule has 4 aromatic carbocycles. The predicted octanol–water partition coefficient (Wildman–Crippen LogP) is 7.49. The lowest BCUT2D eigenvalue weighted by Crippen LogP contribution is -2.28. The Kier molecular flexibility index (Phi) is 10.7. The zero-order valence-corrected chi connectivity index (χ0v) is 25.0. The molecule has 6 heteroatoms. The van der Waals surface area contributed by atoms with Gasteiger partial charge in [0.15, 0.2) is 0 Å². The van der Waals surface area contributed by atoms with Crippen LogP contribution in [0.15, 0.2) is 91.0 Å². The second-order valence-electron chi connectivity index (χ2n) is 10.9. The zero-order chi connectivity index (χ0) is 29.9. The van der Waals surface area contributed by atoms with Crippen molar-refractivity contribution >= 4 is 5.91 Å². The molecule has 4 aromatic rings. The Bertz CT molecular complexity index is 1460. The summed E-state index contributed by atoms with van der Waals surface area (Å²) >= 11 is 0. The molecule has 0 fully saturated rings. The van der Waals surface area contributed by atoms with Crippen LogP contribution in [0, 0.1) is 0 Å². The lowest BCUT2D eigenvalue weighted by molar-refractivity contribution is 0.0939. The van der Waals surface area contributed by atoms with E-state index in [1.165, 1.54) is 19.3 Å². The van der Waals surface area contributed by atoms with Gasteiger partial charge in [-0.25, -0.2) is 0 Å². The van der Waals surface area contributed by atoms with E-state index >= 15 is 0 Å². The molecule has 224 valence electrons. The number of fused-ring (bicyclic) bond motifs is 3. The molecule has 3 N–H and O–H groups in total. The molecular weight excluding hydrogens is 536 g/mol. The molecule has 1 amide bonds. The minimum atomic E-state index is -0.238. The van der Waals surface area contributed by atoms with Crippen LogP contribution in [0.3, 0.4) is 0 Å². The molecular formula is C37H42N2O4. The average molecular weight is 579 g/mol. The molecule has 0 atom stereocenters. The van der Waals surface area contributed by atoms with Gasteiger partial charge in [-0.15, -0.1) is 0 Å². The summed E-state index contributed by atoms with van der Waals surface area (Å²) in [6.45, 7) is 4.39. The summed E-state index contributed by atoms with van der Waals surface area (Å²) < 4.78 is 18.1. The Morgan fingerprint density at radius 1 is 0.721 bits per heavy atom. The van der Waals surface area contributed by atoms with Crippen LogP contribution in [-0.2, 0) is 6.42 Å². The number of unbranched alkanes of at least 4 members (excludes halogenated alkanes) is 3. The summed E-state index contributed by atoms with van der Waals surface area (Å²) in [5, 5.41) is 3.27. The van der Waals surface area contributed by atoms with Crippen LogP contribution in [-0.4, -0.2) is 32.3 Å². The highest BCUT2D eigenvalue weighted by molar-refractivity contribution is 5.98. The lowest BCUT2D eigenvalue weighted by atomic mass is 10.0. The number of benzene rings is 4. The number of amides is 1. The quantitative estimate of drug-likeness (QED) is 0.135. The molecule has 0 unspecified atom stereocenters. The van der Waals surface area contributed by atoms with E-state index in [2.05, 4.69) is 48.6 Å². The van der Waals surface area contributed by atoms with Gasteiger partial charge in [0.25, 0.3) is 5.91 Å². The van der Waals surface area contributed by atoms with Gasteiger partial charge in [0, 0.05) is 12.5 Å². The van der Waals surface area contributed by atoms with Gasteiger partial charge in [0.1, 0.15) is 17.2 Å². The van der Waals surface area contributed by atoms with E-state index < -0.39 is 0 Å². The monoisotopic (exact) mass is 578 g/mol. The van der Waals surface area contributed by atoms with Crippen molar-refractivity contribution < 1.29 is 19.0 Å². The first-order chi connectivity index (χ1) is 21.2. The summed E-state index contributed by atoms with van der Waals surface area (Å²) in [7, 11) is 0. The van der Waals surface area contributed by atoms with Gasteiger partial charge in [-0.2, -0.15) is 0 Å². The first-order valence-corrected chi connectivity index (χ1v) is 15.5. The predicted molar refractivity (Wildman–Crippen MR) is 172 cm³/mol. The fourth-order valence-corrected chi connectivity index (χ4v) is 5.48. The van der Waals surface area contributed by atoms with Crippen LogP contribution >= 0.6 is 0 Å². The smallest absolute Gasteiger partial charge is 0.255 e. The Morgan fingerprint density at radius 3 is 2.14 bits per heavy atom. The molecule has 43 heavy (non-hydrogen) atoms. The molecule has 0 bridgehead atoms. The van der Waals surface area contributed by atoms with Crippen molar-refractivity contribution in [2.24, 2.45) is 5.73 Å². The van der Waals surface area contributed by atoms with E-state index in [1.807, 2.05) is 42.5 Å². The molecule has 0 saturated heterocycles. The van der Waals surface area contributed by atoms with Gasteiger partial charge in [0.2, 0.25) is 0 Å². The van der Waals surface area contributed by atoms with Crippen molar-refractivity contribution in [3.8, 4) is 28.4 Å². The Hall–Kier alpha value is -4.29. The maximum atomic E-state index is 13.8. The Balaban J connectivity index is 1.29. The summed E-state index contributed by atoms with van der Waals surface area (Å²) in [5.74, 6) is 1.82. The van der Waals surface area contributed by atoms with Crippen LogP contribution in [0.1, 0.15) is 72.1 Å². The molecule has 0 saturated carbocycles. The third-order valence-electron chi connectivity index (χ3n) is 7.74. The number of hydrogen-bond donors (Lipinski definition) is 2. The highest BCUT2D eigenvalue weighted by Gasteiger charge is 2.30. The zero-order valence-electron chi connectivity index (χ0n) is 25.0. The van der Waals surface area contributed by atoms with Gasteiger partial charge in [-0.05, 0) is 71.5 Å². The van der Waals surface area contributed by atoms with Crippen molar-refractivity contribution in [2.45, 2.75) is 51.5 Å². The molecule has 1 aliphatic carbocycles. The number of nitrogens with one attached hydrogen (secondary N) is 1. The van der Waals surface area contributed by atoms with E-state index in [1.54, 1.807) is 12.1 Å².